The Balaban J connectivity index is 0.00000289. The van der Waals surface area contributed by atoms with Crippen LogP contribution in [0.1, 0.15) is 61.3 Å². The maximum atomic E-state index is 2.62. The molecule has 0 spiro atoms. The molecule has 2 nitrogen and oxygen atoms in total. The van der Waals surface area contributed by atoms with E-state index >= 15 is 0 Å². The second-order valence-corrected chi connectivity index (χ2v) is 6.70. The molecular weight excluding hydrogens is 220 g/mol. The van der Waals surface area contributed by atoms with Crippen molar-refractivity contribution in [3.8, 4) is 0 Å². The minimum Gasteiger partial charge on any atom is -0.290 e. The van der Waals surface area contributed by atoms with E-state index in [0.717, 1.165) is 18.5 Å². The van der Waals surface area contributed by atoms with Gasteiger partial charge in [-0.3, -0.25) is 9.80 Å². The molecule has 1 rings (SSSR count). The highest BCUT2D eigenvalue weighted by atomic mass is 15.3. The van der Waals surface area contributed by atoms with Gasteiger partial charge >= 0.3 is 0 Å². The third kappa shape index (κ3) is 4.89. The van der Waals surface area contributed by atoms with Gasteiger partial charge in [-0.05, 0) is 65.1 Å². The highest BCUT2D eigenvalue weighted by molar-refractivity contribution is 4.79. The first-order chi connectivity index (χ1) is 7.86. The Labute approximate surface area is 116 Å². The Morgan fingerprint density at radius 2 is 1.72 bits per heavy atom. The van der Waals surface area contributed by atoms with Gasteiger partial charge in [0.15, 0.2) is 0 Å². The molecule has 1 aliphatic heterocycles. The number of likely N-dealkylation sites (tertiary alicyclic amines) is 1. The quantitative estimate of drug-likeness (QED) is 0.731. The van der Waals surface area contributed by atoms with Gasteiger partial charge in [0.1, 0.15) is 0 Å². The Bertz CT molecular complexity index is 215. The van der Waals surface area contributed by atoms with Crippen LogP contribution < -0.4 is 0 Å². The van der Waals surface area contributed by atoms with Crippen molar-refractivity contribution >= 4 is 0 Å². The molecule has 0 radical (unpaired) electrons. The van der Waals surface area contributed by atoms with Crippen LogP contribution in [0.2, 0.25) is 0 Å². The molecule has 18 heavy (non-hydrogen) atoms. The minimum atomic E-state index is 0. The zero-order chi connectivity index (χ0) is 13.1. The van der Waals surface area contributed by atoms with Crippen molar-refractivity contribution in [2.75, 3.05) is 26.8 Å². The molecule has 1 aliphatic rings. The van der Waals surface area contributed by atoms with Gasteiger partial charge in [-0.2, -0.15) is 0 Å². The zero-order valence-electron chi connectivity index (χ0n) is 12.8. The highest BCUT2D eigenvalue weighted by Gasteiger charge is 2.26. The molecule has 0 amide bonds. The van der Waals surface area contributed by atoms with Crippen molar-refractivity contribution in [1.29, 1.82) is 0 Å². The summed E-state index contributed by atoms with van der Waals surface area (Å²) in [6.07, 6.45) is 3.99. The van der Waals surface area contributed by atoms with E-state index < -0.39 is 0 Å². The van der Waals surface area contributed by atoms with Gasteiger partial charge in [-0.15, -0.1) is 0 Å². The van der Waals surface area contributed by atoms with Crippen LogP contribution in [-0.2, 0) is 0 Å². The minimum absolute atomic E-state index is 0. The van der Waals surface area contributed by atoms with Gasteiger partial charge in [-0.1, -0.05) is 28.2 Å². The molecule has 1 heterocycles. The van der Waals surface area contributed by atoms with Gasteiger partial charge < -0.3 is 0 Å². The maximum Gasteiger partial charge on any atom is 0.0508 e. The molecule has 0 aromatic carbocycles. The molecule has 0 N–H and O–H groups in total. The lowest BCUT2D eigenvalue weighted by atomic mass is 9.87. The molecule has 0 aromatic heterocycles. The monoisotopic (exact) mass is 256 g/mol. The van der Waals surface area contributed by atoms with E-state index in [1.54, 1.807) is 0 Å². The van der Waals surface area contributed by atoms with E-state index in [1.165, 1.54) is 32.4 Å². The van der Waals surface area contributed by atoms with Gasteiger partial charge in [-0.25, -0.2) is 0 Å². The fourth-order valence-corrected chi connectivity index (χ4v) is 2.52. The van der Waals surface area contributed by atoms with E-state index in [4.69, 9.17) is 0 Å². The van der Waals surface area contributed by atoms with Gasteiger partial charge in [0, 0.05) is 5.54 Å². The van der Waals surface area contributed by atoms with Crippen molar-refractivity contribution < 1.29 is 0 Å². The van der Waals surface area contributed by atoms with Crippen LogP contribution in [0, 0.1) is 11.8 Å². The van der Waals surface area contributed by atoms with Crippen molar-refractivity contribution in [3.63, 3.8) is 0 Å². The average Bonchev–Trinajstić information content (AvgIpc) is 2.29. The number of rotatable bonds is 5. The van der Waals surface area contributed by atoms with E-state index in [0.29, 0.717) is 5.54 Å². The average molecular weight is 256 g/mol. The normalized spacial score (nSPS) is 19.3. The third-order valence-corrected chi connectivity index (χ3v) is 4.89. The predicted molar refractivity (Wildman–Crippen MR) is 82.9 cm³/mol. The van der Waals surface area contributed by atoms with E-state index in [1.807, 2.05) is 0 Å². The SMILES string of the molecule is C.CCC(C)(C)N(C)CN1CCC(C(C)C)CC1. The van der Waals surface area contributed by atoms with Crippen LogP contribution in [0.15, 0.2) is 0 Å². The lowest BCUT2D eigenvalue weighted by Crippen LogP contribution is -2.49. The molecule has 0 saturated carbocycles. The van der Waals surface area contributed by atoms with Crippen LogP contribution >= 0.6 is 0 Å². The first-order valence-electron chi connectivity index (χ1n) is 7.30. The Morgan fingerprint density at radius 3 is 2.11 bits per heavy atom. The second kappa shape index (κ2) is 7.49. The lowest BCUT2D eigenvalue weighted by Gasteiger charge is -2.41. The molecule has 0 atom stereocenters. The first kappa shape index (κ1) is 17.9. The van der Waals surface area contributed by atoms with Crippen molar-refractivity contribution in [1.82, 2.24) is 9.80 Å². The van der Waals surface area contributed by atoms with E-state index in [-0.39, 0.29) is 7.43 Å². The number of hydrogen-bond donors (Lipinski definition) is 0. The van der Waals surface area contributed by atoms with E-state index in [9.17, 15) is 0 Å². The molecule has 110 valence electrons. The first-order valence-corrected chi connectivity index (χ1v) is 7.30. The Kier molecular flexibility index (Phi) is 7.46. The van der Waals surface area contributed by atoms with Gasteiger partial charge in [0.2, 0.25) is 0 Å². The molecule has 1 fully saturated rings. The lowest BCUT2D eigenvalue weighted by molar-refractivity contribution is 0.0442. The predicted octanol–water partition coefficient (Wildman–Crippen LogP) is 4.07. The van der Waals surface area contributed by atoms with Crippen molar-refractivity contribution in [3.05, 3.63) is 0 Å². The molecule has 2 heteroatoms. The molecular formula is C16H36N2. The van der Waals surface area contributed by atoms with Crippen LogP contribution in [-0.4, -0.2) is 42.1 Å². The standard InChI is InChI=1S/C15H32N2.CH4/c1-7-15(4,5)16(6)12-17-10-8-14(9-11-17)13(2)3;/h13-14H,7-12H2,1-6H3;1H4. The summed E-state index contributed by atoms with van der Waals surface area (Å²) in [5, 5.41) is 0. The smallest absolute Gasteiger partial charge is 0.0508 e. The summed E-state index contributed by atoms with van der Waals surface area (Å²) >= 11 is 0. The summed E-state index contributed by atoms with van der Waals surface area (Å²) in [4.78, 5) is 5.12. The van der Waals surface area contributed by atoms with Crippen LogP contribution in [0.25, 0.3) is 0 Å². The molecule has 0 aromatic rings. The summed E-state index contributed by atoms with van der Waals surface area (Å²) in [7, 11) is 2.26. The fourth-order valence-electron chi connectivity index (χ4n) is 2.52. The Morgan fingerprint density at radius 1 is 1.22 bits per heavy atom. The van der Waals surface area contributed by atoms with Crippen molar-refractivity contribution in [2.24, 2.45) is 11.8 Å². The maximum absolute atomic E-state index is 2.62. The van der Waals surface area contributed by atoms with Gasteiger partial charge in [0.25, 0.3) is 0 Å². The molecule has 1 saturated heterocycles. The zero-order valence-corrected chi connectivity index (χ0v) is 12.8. The van der Waals surface area contributed by atoms with Crippen LogP contribution in [0.3, 0.4) is 0 Å². The van der Waals surface area contributed by atoms with Crippen LogP contribution in [0.5, 0.6) is 0 Å². The Hall–Kier alpha value is -0.0800. The largest absolute Gasteiger partial charge is 0.290 e. The van der Waals surface area contributed by atoms with Gasteiger partial charge in [0.05, 0.1) is 6.67 Å². The summed E-state index contributed by atoms with van der Waals surface area (Å²) in [5.74, 6) is 1.82. The number of hydrogen-bond acceptors (Lipinski definition) is 2. The number of piperidine rings is 1. The summed E-state index contributed by atoms with van der Waals surface area (Å²) in [6, 6.07) is 0. The fraction of sp³-hybridized carbons (Fsp3) is 1.00. The second-order valence-electron chi connectivity index (χ2n) is 6.70. The summed E-state index contributed by atoms with van der Waals surface area (Å²) in [5.41, 5.74) is 0.328. The summed E-state index contributed by atoms with van der Waals surface area (Å²) < 4.78 is 0. The molecule has 0 bridgehead atoms. The molecule has 0 unspecified atom stereocenters. The van der Waals surface area contributed by atoms with Crippen LogP contribution in [0.4, 0.5) is 0 Å². The van der Waals surface area contributed by atoms with E-state index in [2.05, 4.69) is 51.5 Å². The third-order valence-electron chi connectivity index (χ3n) is 4.89. The van der Waals surface area contributed by atoms with Crippen molar-refractivity contribution in [2.45, 2.75) is 66.8 Å². The summed E-state index contributed by atoms with van der Waals surface area (Å²) in [6.45, 7) is 15.4. The topological polar surface area (TPSA) is 6.48 Å². The molecule has 0 aliphatic carbocycles. The highest BCUT2D eigenvalue weighted by Crippen LogP contribution is 2.25. The number of nitrogens with zero attached hydrogens (tertiary/aromatic N) is 2.